The molecule has 2 aromatic carbocycles. The number of hydrogen-bond donors (Lipinski definition) is 1. The number of aromatic nitrogens is 2. The van der Waals surface area contributed by atoms with E-state index in [1.807, 2.05) is 18.7 Å². The molecule has 40 heavy (non-hydrogen) atoms. The standard InChI is InChI=1S/C27H29ClF4N4O3S/c1-14-10-35(11-15(2)33-14)25-18-9-19(27(30,31)32)22(16-4-5-21(29)20(28)8-16)24-23(18)36(26(37)34-25)12-17(13-40-24)39-7-6-38-3/h4-5,8-9,14-15,17,33H,6-7,10-13H2,1-3H3. The number of alkyl halides is 3. The maximum Gasteiger partial charge on any atom is 0.417 e. The van der Waals surface area contributed by atoms with Gasteiger partial charge in [0.15, 0.2) is 0 Å². The molecule has 0 radical (unpaired) electrons. The highest BCUT2D eigenvalue weighted by Gasteiger charge is 2.39. The van der Waals surface area contributed by atoms with Crippen molar-refractivity contribution in [3.8, 4) is 11.1 Å². The van der Waals surface area contributed by atoms with Gasteiger partial charge in [-0.05, 0) is 37.6 Å². The summed E-state index contributed by atoms with van der Waals surface area (Å²) in [5, 5.41) is 3.33. The minimum atomic E-state index is -4.76. The summed E-state index contributed by atoms with van der Waals surface area (Å²) in [4.78, 5) is 20.0. The molecular formula is C27H29ClF4N4O3S. The summed E-state index contributed by atoms with van der Waals surface area (Å²) in [6.07, 6.45) is -5.25. The van der Waals surface area contributed by atoms with Crippen LogP contribution in [0.25, 0.3) is 22.0 Å². The van der Waals surface area contributed by atoms with Crippen LogP contribution in [-0.2, 0) is 22.2 Å². The van der Waals surface area contributed by atoms with Gasteiger partial charge < -0.3 is 19.7 Å². The molecule has 3 heterocycles. The predicted octanol–water partition coefficient (Wildman–Crippen LogP) is 5.20. The predicted molar refractivity (Wildman–Crippen MR) is 148 cm³/mol. The number of methoxy groups -OCH3 is 1. The van der Waals surface area contributed by atoms with Crippen molar-refractivity contribution in [3.63, 3.8) is 0 Å². The zero-order chi connectivity index (χ0) is 28.8. The summed E-state index contributed by atoms with van der Waals surface area (Å²) in [7, 11) is 1.54. The number of halogens is 5. The van der Waals surface area contributed by atoms with Crippen LogP contribution >= 0.6 is 23.4 Å². The average Bonchev–Trinajstić information content (AvgIpc) is 3.07. The molecule has 1 saturated heterocycles. The third-order valence-corrected chi connectivity index (χ3v) is 8.52. The molecule has 0 saturated carbocycles. The quantitative estimate of drug-likeness (QED) is 0.308. The van der Waals surface area contributed by atoms with Crippen LogP contribution in [0.15, 0.2) is 34.0 Å². The Kier molecular flexibility index (Phi) is 8.36. The van der Waals surface area contributed by atoms with E-state index in [2.05, 4.69) is 10.3 Å². The maximum absolute atomic E-state index is 14.8. The van der Waals surface area contributed by atoms with Gasteiger partial charge in [0, 0.05) is 53.9 Å². The highest BCUT2D eigenvalue weighted by atomic mass is 35.5. The van der Waals surface area contributed by atoms with E-state index in [-0.39, 0.29) is 63.2 Å². The van der Waals surface area contributed by atoms with Crippen LogP contribution in [0, 0.1) is 5.82 Å². The van der Waals surface area contributed by atoms with Crippen molar-refractivity contribution in [2.24, 2.45) is 0 Å². The number of hydrogen-bond acceptors (Lipinski definition) is 7. The zero-order valence-corrected chi connectivity index (χ0v) is 23.7. The van der Waals surface area contributed by atoms with Gasteiger partial charge >= 0.3 is 11.9 Å². The van der Waals surface area contributed by atoms with Crippen molar-refractivity contribution in [1.29, 1.82) is 0 Å². The van der Waals surface area contributed by atoms with Crippen molar-refractivity contribution in [1.82, 2.24) is 14.9 Å². The second-order valence-corrected chi connectivity index (χ2v) is 11.6. The van der Waals surface area contributed by atoms with E-state index in [4.69, 9.17) is 21.1 Å². The molecule has 0 amide bonds. The molecule has 2 aliphatic rings. The van der Waals surface area contributed by atoms with Gasteiger partial charge in [0.05, 0.1) is 42.0 Å². The Morgan fingerprint density at radius 1 is 1.15 bits per heavy atom. The largest absolute Gasteiger partial charge is 0.417 e. The van der Waals surface area contributed by atoms with E-state index >= 15 is 0 Å². The van der Waals surface area contributed by atoms with Crippen LogP contribution in [0.2, 0.25) is 5.02 Å². The first-order valence-electron chi connectivity index (χ1n) is 12.9. The summed E-state index contributed by atoms with van der Waals surface area (Å²) < 4.78 is 70.8. The lowest BCUT2D eigenvalue weighted by Crippen LogP contribution is -2.55. The Bertz CT molecular complexity index is 1480. The van der Waals surface area contributed by atoms with Gasteiger partial charge in [-0.1, -0.05) is 17.7 Å². The third-order valence-electron chi connectivity index (χ3n) is 7.01. The molecule has 3 aromatic rings. The molecule has 1 N–H and O–H groups in total. The van der Waals surface area contributed by atoms with Crippen molar-refractivity contribution in [2.75, 3.05) is 44.1 Å². The highest BCUT2D eigenvalue weighted by Crippen LogP contribution is 2.48. The Morgan fingerprint density at radius 3 is 2.52 bits per heavy atom. The van der Waals surface area contributed by atoms with Crippen molar-refractivity contribution >= 4 is 40.1 Å². The number of benzene rings is 2. The summed E-state index contributed by atoms with van der Waals surface area (Å²) in [6, 6.07) is 4.64. The fourth-order valence-corrected chi connectivity index (χ4v) is 6.90. The first-order valence-corrected chi connectivity index (χ1v) is 14.2. The molecule has 1 aromatic heterocycles. The minimum absolute atomic E-state index is 0.0360. The third kappa shape index (κ3) is 5.69. The second kappa shape index (κ2) is 11.5. The Hall–Kier alpha value is -2.38. The Balaban J connectivity index is 1.82. The second-order valence-electron chi connectivity index (χ2n) is 10.2. The van der Waals surface area contributed by atoms with Gasteiger partial charge in [0.2, 0.25) is 0 Å². The average molecular weight is 601 g/mol. The van der Waals surface area contributed by atoms with Gasteiger partial charge in [-0.15, -0.1) is 11.8 Å². The molecular weight excluding hydrogens is 572 g/mol. The summed E-state index contributed by atoms with van der Waals surface area (Å²) in [5.74, 6) is -0.248. The number of ether oxygens (including phenoxy) is 2. The van der Waals surface area contributed by atoms with Crippen molar-refractivity contribution < 1.29 is 27.0 Å². The molecule has 0 spiro atoms. The summed E-state index contributed by atoms with van der Waals surface area (Å²) in [5.41, 5.74) is -1.19. The fourth-order valence-electron chi connectivity index (χ4n) is 5.44. The van der Waals surface area contributed by atoms with Crippen LogP contribution < -0.4 is 15.9 Å². The van der Waals surface area contributed by atoms with Crippen LogP contribution in [0.4, 0.5) is 23.4 Å². The first kappa shape index (κ1) is 29.1. The van der Waals surface area contributed by atoms with Crippen molar-refractivity contribution in [2.45, 2.75) is 49.7 Å². The molecule has 3 atom stereocenters. The van der Waals surface area contributed by atoms with Crippen molar-refractivity contribution in [3.05, 3.63) is 51.2 Å². The minimum Gasteiger partial charge on any atom is -0.382 e. The van der Waals surface area contributed by atoms with Gasteiger partial charge in [-0.25, -0.2) is 9.18 Å². The Morgan fingerprint density at radius 2 is 1.88 bits per heavy atom. The lowest BCUT2D eigenvalue weighted by atomic mass is 9.96. The van der Waals surface area contributed by atoms with Gasteiger partial charge in [0.25, 0.3) is 0 Å². The lowest BCUT2D eigenvalue weighted by Gasteiger charge is -2.37. The molecule has 216 valence electrons. The number of piperazine rings is 1. The zero-order valence-electron chi connectivity index (χ0n) is 22.1. The van der Waals surface area contributed by atoms with E-state index in [9.17, 15) is 22.4 Å². The molecule has 0 aliphatic carbocycles. The number of nitrogens with one attached hydrogen (secondary N) is 1. The van der Waals surface area contributed by atoms with Gasteiger partial charge in [0.1, 0.15) is 11.6 Å². The normalized spacial score (nSPS) is 21.6. The van der Waals surface area contributed by atoms with E-state index in [1.165, 1.54) is 35.6 Å². The number of rotatable bonds is 6. The topological polar surface area (TPSA) is 68.6 Å². The Labute approximate surface area is 237 Å². The van der Waals surface area contributed by atoms with Crippen LogP contribution in [0.5, 0.6) is 0 Å². The van der Waals surface area contributed by atoms with E-state index in [0.717, 1.165) is 12.1 Å². The number of anilines is 1. The number of nitrogens with zero attached hydrogens (tertiary/aromatic N) is 3. The van der Waals surface area contributed by atoms with Crippen LogP contribution in [0.1, 0.15) is 19.4 Å². The van der Waals surface area contributed by atoms with Gasteiger partial charge in [-0.2, -0.15) is 18.2 Å². The highest BCUT2D eigenvalue weighted by molar-refractivity contribution is 7.99. The van der Waals surface area contributed by atoms with Crippen LogP contribution in [0.3, 0.4) is 0 Å². The maximum atomic E-state index is 14.8. The molecule has 5 rings (SSSR count). The summed E-state index contributed by atoms with van der Waals surface area (Å²) in [6.45, 7) is 5.58. The van der Waals surface area contributed by atoms with E-state index in [0.29, 0.717) is 25.2 Å². The molecule has 3 unspecified atom stereocenters. The smallest absolute Gasteiger partial charge is 0.382 e. The SMILES string of the molecule is COCCOC1CSc2c(-c3ccc(F)c(Cl)c3)c(C(F)(F)F)cc3c(N4CC(C)NC(C)C4)nc(=O)n(c23)C1. The molecule has 2 aliphatic heterocycles. The molecule has 0 bridgehead atoms. The molecule has 13 heteroatoms. The fraction of sp³-hybridized carbons (Fsp3) is 0.481. The summed E-state index contributed by atoms with van der Waals surface area (Å²) >= 11 is 7.20. The molecule has 7 nitrogen and oxygen atoms in total. The number of thioether (sulfide) groups is 1. The van der Waals surface area contributed by atoms with Crippen LogP contribution in [-0.4, -0.2) is 66.9 Å². The lowest BCUT2D eigenvalue weighted by molar-refractivity contribution is -0.137. The first-order chi connectivity index (χ1) is 19.0. The van der Waals surface area contributed by atoms with E-state index < -0.39 is 29.4 Å². The monoisotopic (exact) mass is 600 g/mol. The van der Waals surface area contributed by atoms with E-state index in [1.54, 1.807) is 0 Å². The van der Waals surface area contributed by atoms with Gasteiger partial charge in [-0.3, -0.25) is 4.57 Å². The molecule has 1 fully saturated rings.